The highest BCUT2D eigenvalue weighted by Gasteiger charge is 2.24. The molecule has 1 aliphatic heterocycles. The van der Waals surface area contributed by atoms with E-state index in [4.69, 9.17) is 0 Å². The zero-order chi connectivity index (χ0) is 12.8. The molecule has 1 unspecified atom stereocenters. The van der Waals surface area contributed by atoms with Crippen molar-refractivity contribution in [2.45, 2.75) is 26.2 Å². The number of carbonyl (C=O) groups is 1. The van der Waals surface area contributed by atoms with Crippen molar-refractivity contribution in [2.75, 3.05) is 26.2 Å². The third-order valence-corrected chi connectivity index (χ3v) is 3.47. The average Bonchev–Trinajstić information content (AvgIpc) is 2.92. The Morgan fingerprint density at radius 2 is 2.56 bits per heavy atom. The van der Waals surface area contributed by atoms with E-state index >= 15 is 0 Å². The molecular weight excluding hydrogens is 230 g/mol. The Kier molecular flexibility index (Phi) is 4.69. The number of aromatic nitrogens is 3. The topological polar surface area (TPSA) is 73.9 Å². The Hall–Kier alpha value is -1.43. The summed E-state index contributed by atoms with van der Waals surface area (Å²) in [6, 6.07) is 0. The molecule has 1 aromatic rings. The molecule has 0 bridgehead atoms. The number of nitrogens with zero attached hydrogens (tertiary/aromatic N) is 3. The standard InChI is InChI=1S/C12H21N5O/c1-2-17-7-3-4-10(9-17)12(18)13-6-5-11-8-14-16-15-11/h8,10H,2-7,9H2,1H3,(H,13,18)(H,14,15,16). The highest BCUT2D eigenvalue weighted by Crippen LogP contribution is 2.16. The highest BCUT2D eigenvalue weighted by molar-refractivity contribution is 5.78. The second-order valence-corrected chi connectivity index (χ2v) is 4.73. The van der Waals surface area contributed by atoms with Gasteiger partial charge in [-0.25, -0.2) is 0 Å². The van der Waals surface area contributed by atoms with Gasteiger partial charge in [0.05, 0.1) is 17.8 Å². The molecule has 1 fully saturated rings. The lowest BCUT2D eigenvalue weighted by molar-refractivity contribution is -0.126. The van der Waals surface area contributed by atoms with Gasteiger partial charge in [0.25, 0.3) is 0 Å². The molecule has 2 heterocycles. The van der Waals surface area contributed by atoms with Crippen LogP contribution >= 0.6 is 0 Å². The number of likely N-dealkylation sites (tertiary alicyclic amines) is 1. The van der Waals surface area contributed by atoms with Crippen LogP contribution in [-0.4, -0.2) is 52.4 Å². The molecule has 0 spiro atoms. The molecule has 1 aromatic heterocycles. The van der Waals surface area contributed by atoms with E-state index in [1.807, 2.05) is 0 Å². The lowest BCUT2D eigenvalue weighted by atomic mass is 9.97. The van der Waals surface area contributed by atoms with Gasteiger partial charge in [-0.2, -0.15) is 15.4 Å². The summed E-state index contributed by atoms with van der Waals surface area (Å²) < 4.78 is 0. The Bertz CT molecular complexity index is 365. The molecule has 1 aliphatic rings. The lowest BCUT2D eigenvalue weighted by Crippen LogP contribution is -2.43. The zero-order valence-electron chi connectivity index (χ0n) is 10.9. The summed E-state index contributed by atoms with van der Waals surface area (Å²) in [6.07, 6.45) is 4.54. The van der Waals surface area contributed by atoms with Crippen LogP contribution in [0.25, 0.3) is 0 Å². The zero-order valence-corrected chi connectivity index (χ0v) is 10.9. The predicted octanol–water partition coefficient (Wildman–Crippen LogP) is 0.195. The maximum atomic E-state index is 12.0. The van der Waals surface area contributed by atoms with Gasteiger partial charge >= 0.3 is 0 Å². The third-order valence-electron chi connectivity index (χ3n) is 3.47. The maximum Gasteiger partial charge on any atom is 0.224 e. The van der Waals surface area contributed by atoms with Gasteiger partial charge < -0.3 is 10.2 Å². The summed E-state index contributed by atoms with van der Waals surface area (Å²) >= 11 is 0. The summed E-state index contributed by atoms with van der Waals surface area (Å²) in [6.45, 7) is 5.83. The van der Waals surface area contributed by atoms with E-state index in [0.29, 0.717) is 6.54 Å². The minimum atomic E-state index is 0.149. The molecule has 0 saturated carbocycles. The van der Waals surface area contributed by atoms with Gasteiger partial charge in [0.2, 0.25) is 5.91 Å². The third kappa shape index (κ3) is 3.53. The second-order valence-electron chi connectivity index (χ2n) is 4.73. The van der Waals surface area contributed by atoms with Crippen molar-refractivity contribution in [3.63, 3.8) is 0 Å². The van der Waals surface area contributed by atoms with Gasteiger partial charge in [-0.05, 0) is 25.9 Å². The molecule has 0 aliphatic carbocycles. The van der Waals surface area contributed by atoms with Gasteiger partial charge in [0.15, 0.2) is 0 Å². The van der Waals surface area contributed by atoms with Gasteiger partial charge in [-0.15, -0.1) is 0 Å². The predicted molar refractivity (Wildman–Crippen MR) is 67.9 cm³/mol. The first kappa shape index (κ1) is 13.0. The lowest BCUT2D eigenvalue weighted by Gasteiger charge is -2.30. The van der Waals surface area contributed by atoms with Crippen molar-refractivity contribution in [1.29, 1.82) is 0 Å². The summed E-state index contributed by atoms with van der Waals surface area (Å²) in [4.78, 5) is 14.3. The SMILES string of the molecule is CCN1CCCC(C(=O)NCCc2cn[nH]n2)C1. The van der Waals surface area contributed by atoms with Crippen molar-refractivity contribution >= 4 is 5.91 Å². The number of H-pyrrole nitrogens is 1. The molecule has 1 saturated heterocycles. The molecule has 0 radical (unpaired) electrons. The summed E-state index contributed by atoms with van der Waals surface area (Å²) in [5.74, 6) is 0.327. The van der Waals surface area contributed by atoms with Crippen molar-refractivity contribution in [1.82, 2.24) is 25.6 Å². The minimum absolute atomic E-state index is 0.149. The van der Waals surface area contributed by atoms with E-state index in [1.54, 1.807) is 6.20 Å². The number of carbonyl (C=O) groups excluding carboxylic acids is 1. The van der Waals surface area contributed by atoms with Crippen LogP contribution in [0.5, 0.6) is 0 Å². The second kappa shape index (κ2) is 6.49. The van der Waals surface area contributed by atoms with Crippen LogP contribution in [0.1, 0.15) is 25.5 Å². The minimum Gasteiger partial charge on any atom is -0.355 e. The van der Waals surface area contributed by atoms with E-state index in [2.05, 4.69) is 32.6 Å². The number of hydrogen-bond acceptors (Lipinski definition) is 4. The summed E-state index contributed by atoms with van der Waals surface area (Å²) in [5, 5.41) is 13.2. The number of nitrogens with one attached hydrogen (secondary N) is 2. The molecule has 2 N–H and O–H groups in total. The quantitative estimate of drug-likeness (QED) is 0.784. The van der Waals surface area contributed by atoms with Gasteiger partial charge in [-0.1, -0.05) is 6.92 Å². The average molecular weight is 251 g/mol. The molecule has 2 rings (SSSR count). The van der Waals surface area contributed by atoms with Gasteiger partial charge in [-0.3, -0.25) is 4.79 Å². The van der Waals surface area contributed by atoms with E-state index < -0.39 is 0 Å². The molecule has 0 aromatic carbocycles. The van der Waals surface area contributed by atoms with Gasteiger partial charge in [0.1, 0.15) is 0 Å². The maximum absolute atomic E-state index is 12.0. The molecular formula is C12H21N5O. The first-order valence-electron chi connectivity index (χ1n) is 6.64. The first-order valence-corrected chi connectivity index (χ1v) is 6.64. The monoisotopic (exact) mass is 251 g/mol. The molecule has 6 nitrogen and oxygen atoms in total. The van der Waals surface area contributed by atoms with E-state index in [0.717, 1.165) is 44.6 Å². The Balaban J connectivity index is 1.70. The smallest absolute Gasteiger partial charge is 0.224 e. The highest BCUT2D eigenvalue weighted by atomic mass is 16.1. The summed E-state index contributed by atoms with van der Waals surface area (Å²) in [5.41, 5.74) is 0.883. The largest absolute Gasteiger partial charge is 0.355 e. The van der Waals surface area contributed by atoms with E-state index in [1.165, 1.54) is 0 Å². The Labute approximate surface area is 107 Å². The van der Waals surface area contributed by atoms with Crippen molar-refractivity contribution in [2.24, 2.45) is 5.92 Å². The fourth-order valence-corrected chi connectivity index (χ4v) is 2.36. The van der Waals surface area contributed by atoms with Crippen LogP contribution < -0.4 is 5.32 Å². The number of piperidine rings is 1. The molecule has 100 valence electrons. The van der Waals surface area contributed by atoms with E-state index in [9.17, 15) is 4.79 Å². The summed E-state index contributed by atoms with van der Waals surface area (Å²) in [7, 11) is 0. The number of amides is 1. The van der Waals surface area contributed by atoms with Crippen molar-refractivity contribution in [3.8, 4) is 0 Å². The number of rotatable bonds is 5. The van der Waals surface area contributed by atoms with Gasteiger partial charge in [0, 0.05) is 19.5 Å². The fraction of sp³-hybridized carbons (Fsp3) is 0.750. The van der Waals surface area contributed by atoms with Crippen LogP contribution in [0.2, 0.25) is 0 Å². The van der Waals surface area contributed by atoms with Crippen molar-refractivity contribution < 1.29 is 4.79 Å². The molecule has 18 heavy (non-hydrogen) atoms. The van der Waals surface area contributed by atoms with Crippen LogP contribution in [0.4, 0.5) is 0 Å². The molecule has 6 heteroatoms. The van der Waals surface area contributed by atoms with Crippen molar-refractivity contribution in [3.05, 3.63) is 11.9 Å². The van der Waals surface area contributed by atoms with Crippen LogP contribution in [-0.2, 0) is 11.2 Å². The first-order chi connectivity index (χ1) is 8.79. The molecule has 1 amide bonds. The Morgan fingerprint density at radius 1 is 1.67 bits per heavy atom. The number of aromatic amines is 1. The molecule has 1 atom stereocenters. The van der Waals surface area contributed by atoms with E-state index in [-0.39, 0.29) is 11.8 Å². The number of hydrogen-bond donors (Lipinski definition) is 2. The van der Waals surface area contributed by atoms with Crippen LogP contribution in [0, 0.1) is 5.92 Å². The Morgan fingerprint density at radius 3 is 3.28 bits per heavy atom. The van der Waals surface area contributed by atoms with Crippen LogP contribution in [0.3, 0.4) is 0 Å². The normalized spacial score (nSPS) is 20.8. The fourth-order valence-electron chi connectivity index (χ4n) is 2.36. The van der Waals surface area contributed by atoms with Crippen LogP contribution in [0.15, 0.2) is 6.20 Å².